The highest BCUT2D eigenvalue weighted by molar-refractivity contribution is 7.47. The molecule has 0 aliphatic heterocycles. The maximum absolute atomic E-state index is 12.8. The van der Waals surface area contributed by atoms with Gasteiger partial charge in [0.25, 0.3) is 0 Å². The van der Waals surface area contributed by atoms with Crippen molar-refractivity contribution >= 4 is 19.8 Å². The van der Waals surface area contributed by atoms with Crippen molar-refractivity contribution in [3.05, 3.63) is 60.8 Å². The second-order valence-corrected chi connectivity index (χ2v) is 18.0. The Bertz CT molecular complexity index is 1330. The predicted molar refractivity (Wildman–Crippen MR) is 249 cm³/mol. The molecule has 63 heavy (non-hydrogen) atoms. The molecule has 0 aromatic carbocycles. The van der Waals surface area contributed by atoms with Crippen LogP contribution in [0, 0.1) is 0 Å². The van der Waals surface area contributed by atoms with Crippen LogP contribution in [0.1, 0.15) is 181 Å². The van der Waals surface area contributed by atoms with Crippen LogP contribution < -0.4 is 0 Å². The molecule has 8 atom stereocenters. The van der Waals surface area contributed by atoms with E-state index in [1.807, 2.05) is 0 Å². The lowest BCUT2D eigenvalue weighted by molar-refractivity contribution is -0.220. The van der Waals surface area contributed by atoms with Crippen molar-refractivity contribution in [2.24, 2.45) is 0 Å². The Morgan fingerprint density at radius 3 is 1.37 bits per heavy atom. The van der Waals surface area contributed by atoms with Gasteiger partial charge in [0.05, 0.1) is 6.61 Å². The van der Waals surface area contributed by atoms with Crippen molar-refractivity contribution in [3.63, 3.8) is 0 Å². The largest absolute Gasteiger partial charge is 0.472 e. The third-order valence-corrected chi connectivity index (χ3v) is 11.8. The maximum Gasteiger partial charge on any atom is 0.472 e. The molecule has 6 N–H and O–H groups in total. The highest BCUT2D eigenvalue weighted by Crippen LogP contribution is 2.47. The van der Waals surface area contributed by atoms with Crippen molar-refractivity contribution in [2.75, 3.05) is 13.2 Å². The van der Waals surface area contributed by atoms with E-state index >= 15 is 0 Å². The normalized spacial score (nSPS) is 22.2. The maximum atomic E-state index is 12.8. The molecular formula is C49H85O13P. The summed E-state index contributed by atoms with van der Waals surface area (Å²) in [7, 11) is -5.13. The fourth-order valence-electron chi connectivity index (χ4n) is 6.91. The van der Waals surface area contributed by atoms with Crippen LogP contribution >= 0.6 is 7.82 Å². The van der Waals surface area contributed by atoms with E-state index in [9.17, 15) is 44.6 Å². The van der Waals surface area contributed by atoms with Gasteiger partial charge in [0.2, 0.25) is 0 Å². The zero-order chi connectivity index (χ0) is 46.4. The van der Waals surface area contributed by atoms with Crippen LogP contribution in [0.25, 0.3) is 0 Å². The van der Waals surface area contributed by atoms with E-state index in [1.165, 1.54) is 51.4 Å². The van der Waals surface area contributed by atoms with E-state index in [2.05, 4.69) is 74.6 Å². The van der Waals surface area contributed by atoms with Crippen LogP contribution in [0.3, 0.4) is 0 Å². The fourth-order valence-corrected chi connectivity index (χ4v) is 7.88. The number of ether oxygens (including phenoxy) is 2. The molecule has 1 rings (SSSR count). The summed E-state index contributed by atoms with van der Waals surface area (Å²) in [5, 5.41) is 50.2. The van der Waals surface area contributed by atoms with Gasteiger partial charge in [-0.2, -0.15) is 0 Å². The standard InChI is InChI=1S/C49H85O13P/c1-3-5-7-9-11-13-15-17-19-20-21-22-24-25-27-29-31-33-35-37-42(50)59-39-41(40-60-63(57,58)62-49-47(55)45(53)44(52)46(54)48(49)56)61-43(51)38-36-34-32-30-28-26-23-18-16-14-12-10-8-6-4-2/h11,13-14,16-17,19,21-22,25,27,41,44-49,52-56H,3-10,12,15,18,20,23-24,26,28-40H2,1-2H3,(H,57,58)/b13-11+,16-14+,19-17+,22-21+,27-25+/t41-,44?,45-,46?,47?,48?,49?/m0/s1. The molecule has 1 fully saturated rings. The number of hydrogen-bond acceptors (Lipinski definition) is 12. The molecule has 13 nitrogen and oxygen atoms in total. The molecule has 0 saturated heterocycles. The first-order valence-electron chi connectivity index (χ1n) is 24.1. The molecule has 0 amide bonds. The summed E-state index contributed by atoms with van der Waals surface area (Å²) in [5.41, 5.74) is 0. The van der Waals surface area contributed by atoms with Gasteiger partial charge >= 0.3 is 19.8 Å². The number of rotatable bonds is 39. The first-order valence-corrected chi connectivity index (χ1v) is 25.6. The van der Waals surface area contributed by atoms with Crippen molar-refractivity contribution in [2.45, 2.75) is 224 Å². The van der Waals surface area contributed by atoms with Crippen molar-refractivity contribution in [1.82, 2.24) is 0 Å². The number of hydrogen-bond donors (Lipinski definition) is 6. The number of aliphatic hydroxyl groups is 5. The Kier molecular flexibility index (Phi) is 36.1. The highest BCUT2D eigenvalue weighted by Gasteiger charge is 2.51. The number of esters is 2. The van der Waals surface area contributed by atoms with Gasteiger partial charge in [0, 0.05) is 12.8 Å². The molecule has 364 valence electrons. The lowest BCUT2D eigenvalue weighted by Crippen LogP contribution is -2.64. The number of carbonyl (C=O) groups excluding carboxylic acids is 2. The second-order valence-electron chi connectivity index (χ2n) is 16.6. The summed E-state index contributed by atoms with van der Waals surface area (Å²) in [6, 6.07) is 0. The predicted octanol–water partition coefficient (Wildman–Crippen LogP) is 9.73. The van der Waals surface area contributed by atoms with E-state index < -0.39 is 75.7 Å². The number of unbranched alkanes of at least 4 members (excludes halogenated alkanes) is 17. The van der Waals surface area contributed by atoms with Gasteiger partial charge in [-0.1, -0.05) is 145 Å². The highest BCUT2D eigenvalue weighted by atomic mass is 31.2. The summed E-state index contributed by atoms with van der Waals surface area (Å²) >= 11 is 0. The topological polar surface area (TPSA) is 210 Å². The lowest BCUT2D eigenvalue weighted by atomic mass is 9.85. The zero-order valence-electron chi connectivity index (χ0n) is 38.6. The van der Waals surface area contributed by atoms with Crippen LogP contribution in [0.5, 0.6) is 0 Å². The molecule has 0 aromatic rings. The number of carbonyl (C=O) groups is 2. The Labute approximate surface area is 379 Å². The monoisotopic (exact) mass is 913 g/mol. The average molecular weight is 913 g/mol. The van der Waals surface area contributed by atoms with E-state index in [4.69, 9.17) is 18.5 Å². The zero-order valence-corrected chi connectivity index (χ0v) is 39.5. The minimum absolute atomic E-state index is 0.0821. The van der Waals surface area contributed by atoms with Gasteiger partial charge in [0.15, 0.2) is 6.10 Å². The molecule has 1 aliphatic carbocycles. The van der Waals surface area contributed by atoms with Crippen molar-refractivity contribution in [1.29, 1.82) is 0 Å². The van der Waals surface area contributed by atoms with Gasteiger partial charge in [-0.05, 0) is 83.5 Å². The van der Waals surface area contributed by atoms with E-state index in [1.54, 1.807) is 0 Å². The van der Waals surface area contributed by atoms with E-state index in [0.29, 0.717) is 12.8 Å². The molecule has 1 aliphatic rings. The Balaban J connectivity index is 2.47. The molecular weight excluding hydrogens is 827 g/mol. The van der Waals surface area contributed by atoms with E-state index in [0.717, 1.165) is 89.9 Å². The molecule has 0 radical (unpaired) electrons. The fraction of sp³-hybridized carbons (Fsp3) is 0.755. The number of phosphoric ester groups is 1. The molecule has 14 heteroatoms. The van der Waals surface area contributed by atoms with Crippen LogP contribution in [0.4, 0.5) is 0 Å². The van der Waals surface area contributed by atoms with Crippen LogP contribution in [-0.2, 0) is 32.7 Å². The van der Waals surface area contributed by atoms with Crippen molar-refractivity contribution in [3.8, 4) is 0 Å². The number of allylic oxidation sites excluding steroid dienone is 10. The van der Waals surface area contributed by atoms with Gasteiger partial charge in [-0.3, -0.25) is 18.6 Å². The molecule has 6 unspecified atom stereocenters. The molecule has 0 bridgehead atoms. The van der Waals surface area contributed by atoms with E-state index in [-0.39, 0.29) is 12.8 Å². The SMILES string of the molecule is CCCCC/C=C/C/C=C/C/C=C/C/C=C/CCCCCC(=O)OC[C@@H](COP(=O)(O)OC1C(O)C(O)C(O)[C@H](O)C1O)OC(=O)CCCCCCCCC/C=C/CCCCCC. The van der Waals surface area contributed by atoms with Gasteiger partial charge in [-0.25, -0.2) is 4.57 Å². The third-order valence-electron chi connectivity index (χ3n) is 10.8. The van der Waals surface area contributed by atoms with Crippen LogP contribution in [0.2, 0.25) is 0 Å². The molecule has 1 saturated carbocycles. The van der Waals surface area contributed by atoms with Crippen molar-refractivity contribution < 1.29 is 63.1 Å². The number of phosphoric acid groups is 1. The summed E-state index contributed by atoms with van der Waals surface area (Å²) < 4.78 is 33.5. The summed E-state index contributed by atoms with van der Waals surface area (Å²) in [6.07, 6.45) is 34.1. The summed E-state index contributed by atoms with van der Waals surface area (Å²) in [5.74, 6) is -1.14. The minimum atomic E-state index is -5.13. The van der Waals surface area contributed by atoms with Crippen LogP contribution in [-0.4, -0.2) is 98.3 Å². The second kappa shape index (κ2) is 38.8. The third kappa shape index (κ3) is 31.2. The first kappa shape index (κ1) is 58.6. The molecule has 0 heterocycles. The first-order chi connectivity index (χ1) is 30.4. The quantitative estimate of drug-likeness (QED) is 0.0147. The van der Waals surface area contributed by atoms with Crippen LogP contribution in [0.15, 0.2) is 60.8 Å². The average Bonchev–Trinajstić information content (AvgIpc) is 3.26. The minimum Gasteiger partial charge on any atom is -0.462 e. The molecule has 0 aromatic heterocycles. The number of aliphatic hydroxyl groups excluding tert-OH is 5. The lowest BCUT2D eigenvalue weighted by Gasteiger charge is -2.41. The molecule has 0 spiro atoms. The Hall–Kier alpha value is -2.45. The Morgan fingerprint density at radius 1 is 0.492 bits per heavy atom. The van der Waals surface area contributed by atoms with Gasteiger partial charge in [0.1, 0.15) is 43.2 Å². The van der Waals surface area contributed by atoms with Gasteiger partial charge in [-0.15, -0.1) is 0 Å². The smallest absolute Gasteiger partial charge is 0.462 e. The summed E-state index contributed by atoms with van der Waals surface area (Å²) in [6.45, 7) is 3.23. The van der Waals surface area contributed by atoms with Gasteiger partial charge < -0.3 is 39.9 Å². The Morgan fingerprint density at radius 2 is 0.857 bits per heavy atom. The summed E-state index contributed by atoms with van der Waals surface area (Å²) in [4.78, 5) is 35.7.